The zero-order valence-corrected chi connectivity index (χ0v) is 19.6. The molecule has 4 N–H and O–H groups in total. The Labute approximate surface area is 190 Å². The lowest BCUT2D eigenvalue weighted by Gasteiger charge is -2.11. The molecular weight excluding hydrogens is 479 g/mol. The van der Waals surface area contributed by atoms with Gasteiger partial charge in [-0.2, -0.15) is 0 Å². The molecule has 29 heavy (non-hydrogen) atoms. The summed E-state index contributed by atoms with van der Waals surface area (Å²) in [5, 5.41) is 5.96. The molecule has 2 aromatic rings. The van der Waals surface area contributed by atoms with Crippen molar-refractivity contribution in [3.8, 4) is 5.75 Å². The lowest BCUT2D eigenvalue weighted by Crippen LogP contribution is -2.24. The van der Waals surface area contributed by atoms with E-state index in [1.807, 2.05) is 62.4 Å². The van der Waals surface area contributed by atoms with Crippen LogP contribution in [-0.2, 0) is 6.54 Å². The highest BCUT2D eigenvalue weighted by atomic mass is 127. The number of nitrogens with zero attached hydrogens (tertiary/aromatic N) is 1. The largest absolute Gasteiger partial charge is 0.491 e. The van der Waals surface area contributed by atoms with Gasteiger partial charge in [-0.25, -0.2) is 4.99 Å². The number of nitrogens with two attached hydrogens (primary N) is 1. The van der Waals surface area contributed by atoms with Crippen LogP contribution in [0, 0.1) is 0 Å². The van der Waals surface area contributed by atoms with E-state index in [1.165, 1.54) is 0 Å². The van der Waals surface area contributed by atoms with Crippen molar-refractivity contribution >= 4 is 41.5 Å². The van der Waals surface area contributed by atoms with Crippen LogP contribution in [0.15, 0.2) is 53.5 Å². The lowest BCUT2D eigenvalue weighted by molar-refractivity contribution is 0.0953. The average Bonchev–Trinajstić information content (AvgIpc) is 2.68. The Morgan fingerprint density at radius 1 is 1.10 bits per heavy atom. The van der Waals surface area contributed by atoms with E-state index < -0.39 is 0 Å². The van der Waals surface area contributed by atoms with Crippen LogP contribution >= 0.6 is 24.0 Å². The molecule has 158 valence electrons. The molecule has 6 nitrogen and oxygen atoms in total. The van der Waals surface area contributed by atoms with Crippen LogP contribution in [-0.4, -0.2) is 24.5 Å². The number of amides is 1. The van der Waals surface area contributed by atoms with Crippen LogP contribution in [0.2, 0.25) is 0 Å². The van der Waals surface area contributed by atoms with Gasteiger partial charge in [0.25, 0.3) is 5.91 Å². The first-order valence-corrected chi connectivity index (χ1v) is 9.68. The van der Waals surface area contributed by atoms with E-state index in [1.54, 1.807) is 0 Å². The van der Waals surface area contributed by atoms with Crippen LogP contribution in [0.25, 0.3) is 0 Å². The number of hydrogen-bond donors (Lipinski definition) is 3. The summed E-state index contributed by atoms with van der Waals surface area (Å²) in [4.78, 5) is 16.4. The molecular formula is C22H31IN4O2. The van der Waals surface area contributed by atoms with Crippen LogP contribution in [0.5, 0.6) is 5.75 Å². The fourth-order valence-corrected chi connectivity index (χ4v) is 2.50. The van der Waals surface area contributed by atoms with Gasteiger partial charge in [0, 0.05) is 17.8 Å². The molecule has 1 amide bonds. The summed E-state index contributed by atoms with van der Waals surface area (Å²) in [6.07, 6.45) is 2.18. The lowest BCUT2D eigenvalue weighted by atomic mass is 10.1. The van der Waals surface area contributed by atoms with E-state index >= 15 is 0 Å². The number of rotatable bonds is 9. The number of ether oxygens (including phenoxy) is 1. The highest BCUT2D eigenvalue weighted by Gasteiger charge is 2.04. The van der Waals surface area contributed by atoms with Gasteiger partial charge in [0.15, 0.2) is 5.96 Å². The molecule has 7 heteroatoms. The van der Waals surface area contributed by atoms with Crippen molar-refractivity contribution in [3.63, 3.8) is 0 Å². The molecule has 0 fully saturated rings. The highest BCUT2D eigenvalue weighted by Crippen LogP contribution is 2.16. The molecule has 0 bridgehead atoms. The van der Waals surface area contributed by atoms with Crippen LogP contribution in [0.1, 0.15) is 49.5 Å². The van der Waals surface area contributed by atoms with Crippen molar-refractivity contribution in [2.45, 2.75) is 46.3 Å². The summed E-state index contributed by atoms with van der Waals surface area (Å²) < 4.78 is 5.62. The van der Waals surface area contributed by atoms with Crippen molar-refractivity contribution in [3.05, 3.63) is 59.7 Å². The molecule has 0 aliphatic carbocycles. The van der Waals surface area contributed by atoms with Gasteiger partial charge in [0.2, 0.25) is 0 Å². The Kier molecular flexibility index (Phi) is 11.1. The Bertz CT molecular complexity index is 774. The number of carbonyl (C=O) groups is 1. The van der Waals surface area contributed by atoms with Crippen LogP contribution in [0.4, 0.5) is 5.69 Å². The molecule has 0 saturated heterocycles. The second-order valence-electron chi connectivity index (χ2n) is 6.82. The Morgan fingerprint density at radius 3 is 2.34 bits per heavy atom. The zero-order valence-electron chi connectivity index (χ0n) is 17.3. The fourth-order valence-electron chi connectivity index (χ4n) is 2.50. The third kappa shape index (κ3) is 9.17. The molecule has 2 rings (SSSR count). The first-order valence-electron chi connectivity index (χ1n) is 9.68. The molecule has 0 aromatic heterocycles. The van der Waals surface area contributed by atoms with Crippen molar-refractivity contribution in [1.82, 2.24) is 5.32 Å². The van der Waals surface area contributed by atoms with E-state index in [-0.39, 0.29) is 36.0 Å². The molecule has 0 aliphatic heterocycles. The van der Waals surface area contributed by atoms with Crippen molar-refractivity contribution < 1.29 is 9.53 Å². The number of anilines is 1. The Morgan fingerprint density at radius 2 is 1.76 bits per heavy atom. The number of unbranched alkanes of at least 4 members (excludes halogenated alkanes) is 1. The second-order valence-corrected chi connectivity index (χ2v) is 6.82. The minimum Gasteiger partial charge on any atom is -0.491 e. The summed E-state index contributed by atoms with van der Waals surface area (Å²) in [5.41, 5.74) is 8.44. The fraction of sp³-hybridized carbons (Fsp3) is 0.364. The molecule has 0 aliphatic rings. The predicted octanol–water partition coefficient (Wildman–Crippen LogP) is 4.55. The minimum atomic E-state index is -0.0467. The van der Waals surface area contributed by atoms with Gasteiger partial charge in [-0.15, -0.1) is 24.0 Å². The number of nitrogens with one attached hydrogen (secondary N) is 2. The van der Waals surface area contributed by atoms with E-state index in [4.69, 9.17) is 10.5 Å². The maximum atomic E-state index is 12.0. The molecule has 0 radical (unpaired) electrons. The Hall–Kier alpha value is -2.29. The van der Waals surface area contributed by atoms with Gasteiger partial charge in [-0.3, -0.25) is 4.79 Å². The molecule has 0 spiro atoms. The minimum absolute atomic E-state index is 0. The monoisotopic (exact) mass is 510 g/mol. The summed E-state index contributed by atoms with van der Waals surface area (Å²) >= 11 is 0. The Balaban J connectivity index is 0.00000420. The highest BCUT2D eigenvalue weighted by molar-refractivity contribution is 14.0. The summed E-state index contributed by atoms with van der Waals surface area (Å²) in [7, 11) is 0. The maximum absolute atomic E-state index is 12.0. The summed E-state index contributed by atoms with van der Waals surface area (Å²) in [6, 6.07) is 15.0. The van der Waals surface area contributed by atoms with Gasteiger partial charge in [0.05, 0.1) is 12.6 Å². The quantitative estimate of drug-likeness (QED) is 0.200. The number of guanidine groups is 1. The number of benzene rings is 2. The van der Waals surface area contributed by atoms with E-state index in [0.717, 1.165) is 29.8 Å². The number of aliphatic imine (C=N–C) groups is 1. The van der Waals surface area contributed by atoms with E-state index in [2.05, 4.69) is 22.5 Å². The van der Waals surface area contributed by atoms with Crippen LogP contribution in [0.3, 0.4) is 0 Å². The number of carbonyl (C=O) groups excluding carboxylic acids is 1. The topological polar surface area (TPSA) is 88.7 Å². The number of halogens is 1. The average molecular weight is 510 g/mol. The second kappa shape index (κ2) is 13.0. The number of hydrogen-bond acceptors (Lipinski definition) is 3. The summed E-state index contributed by atoms with van der Waals surface area (Å²) in [6.45, 7) is 7.21. The van der Waals surface area contributed by atoms with Crippen molar-refractivity contribution in [1.29, 1.82) is 0 Å². The molecule has 0 unspecified atom stereocenters. The van der Waals surface area contributed by atoms with Gasteiger partial charge >= 0.3 is 0 Å². The molecule has 0 saturated carbocycles. The summed E-state index contributed by atoms with van der Waals surface area (Å²) in [5.74, 6) is 1.10. The van der Waals surface area contributed by atoms with Gasteiger partial charge < -0.3 is 21.1 Å². The van der Waals surface area contributed by atoms with Gasteiger partial charge in [-0.05, 0) is 62.2 Å². The first-order chi connectivity index (χ1) is 13.5. The van der Waals surface area contributed by atoms with Crippen molar-refractivity contribution in [2.24, 2.45) is 10.7 Å². The van der Waals surface area contributed by atoms with E-state index in [0.29, 0.717) is 24.6 Å². The third-order valence-electron chi connectivity index (χ3n) is 3.96. The first kappa shape index (κ1) is 24.7. The van der Waals surface area contributed by atoms with Crippen molar-refractivity contribution in [2.75, 3.05) is 11.9 Å². The smallest absolute Gasteiger partial charge is 0.251 e. The van der Waals surface area contributed by atoms with Gasteiger partial charge in [-0.1, -0.05) is 25.5 Å². The molecule has 2 aromatic carbocycles. The normalized spacial score (nSPS) is 11.0. The predicted molar refractivity (Wildman–Crippen MR) is 130 cm³/mol. The third-order valence-corrected chi connectivity index (χ3v) is 3.96. The van der Waals surface area contributed by atoms with E-state index in [9.17, 15) is 4.79 Å². The van der Waals surface area contributed by atoms with Gasteiger partial charge in [0.1, 0.15) is 5.75 Å². The zero-order chi connectivity index (χ0) is 20.4. The molecule has 0 heterocycles. The molecule has 0 atom stereocenters. The SMILES string of the molecule is CCCCNC(=O)c1ccc(CN=C(N)Nc2ccc(OC(C)C)cc2)cc1.I. The van der Waals surface area contributed by atoms with Crippen LogP contribution < -0.4 is 21.1 Å². The standard InChI is InChI=1S/C22H30N4O2.HI/c1-4-5-14-24-21(27)18-8-6-17(7-9-18)15-25-22(23)26-19-10-12-20(13-11-19)28-16(2)3;/h6-13,16H,4-5,14-15H2,1-3H3,(H,24,27)(H3,23,25,26);1H. The maximum Gasteiger partial charge on any atom is 0.251 e.